The Morgan fingerprint density at radius 1 is 1.58 bits per heavy atom. The number of nitrogens with zero attached hydrogens (tertiary/aromatic N) is 3. The highest BCUT2D eigenvalue weighted by atomic mass is 32.1. The van der Waals surface area contributed by atoms with Gasteiger partial charge in [-0.3, -0.25) is 4.98 Å². The number of rotatable bonds is 2. The molecule has 2 heterocycles. The average Bonchev–Trinajstić information content (AvgIpc) is 2.63. The smallest absolute Gasteiger partial charge is 0.141 e. The van der Waals surface area contributed by atoms with E-state index >= 15 is 0 Å². The van der Waals surface area contributed by atoms with Crippen LogP contribution in [0.15, 0.2) is 24.2 Å². The number of imidazole rings is 1. The SMILES string of the molecule is Nc1cn(Cc2cncs2)cn1. The Labute approximate surface area is 73.7 Å². The maximum atomic E-state index is 5.46. The summed E-state index contributed by atoms with van der Waals surface area (Å²) in [5.74, 6) is 0.555. The highest BCUT2D eigenvalue weighted by Gasteiger charge is 1.96. The van der Waals surface area contributed by atoms with Gasteiger partial charge in [-0.1, -0.05) is 0 Å². The van der Waals surface area contributed by atoms with E-state index in [1.165, 1.54) is 4.88 Å². The summed E-state index contributed by atoms with van der Waals surface area (Å²) in [4.78, 5) is 9.10. The van der Waals surface area contributed by atoms with E-state index in [-0.39, 0.29) is 0 Å². The molecule has 0 atom stereocenters. The van der Waals surface area contributed by atoms with E-state index in [9.17, 15) is 0 Å². The van der Waals surface area contributed by atoms with Gasteiger partial charge in [0.1, 0.15) is 5.82 Å². The number of thiazole rings is 1. The minimum atomic E-state index is 0.555. The lowest BCUT2D eigenvalue weighted by Gasteiger charge is -1.95. The number of anilines is 1. The molecule has 2 N–H and O–H groups in total. The fourth-order valence-corrected chi connectivity index (χ4v) is 1.57. The van der Waals surface area contributed by atoms with Crippen LogP contribution in [0.2, 0.25) is 0 Å². The third-order valence-corrected chi connectivity index (χ3v) is 2.24. The number of aromatic nitrogens is 3. The van der Waals surface area contributed by atoms with E-state index in [0.29, 0.717) is 5.82 Å². The lowest BCUT2D eigenvalue weighted by atomic mass is 10.5. The second-order valence-corrected chi connectivity index (χ2v) is 3.41. The number of hydrogen-bond donors (Lipinski definition) is 1. The molecule has 0 aromatic carbocycles. The summed E-state index contributed by atoms with van der Waals surface area (Å²) in [5, 5.41) is 0. The molecule has 0 spiro atoms. The summed E-state index contributed by atoms with van der Waals surface area (Å²) >= 11 is 1.63. The van der Waals surface area contributed by atoms with Gasteiger partial charge < -0.3 is 10.3 Å². The van der Waals surface area contributed by atoms with Crippen LogP contribution in [0.5, 0.6) is 0 Å². The molecule has 0 amide bonds. The normalized spacial score (nSPS) is 10.3. The first-order valence-corrected chi connectivity index (χ1v) is 4.37. The molecule has 0 saturated heterocycles. The number of nitrogen functional groups attached to an aromatic ring is 1. The summed E-state index contributed by atoms with van der Waals surface area (Å²) < 4.78 is 1.93. The van der Waals surface area contributed by atoms with Crippen molar-refractivity contribution in [1.29, 1.82) is 0 Å². The molecule has 0 radical (unpaired) electrons. The van der Waals surface area contributed by atoms with Crippen molar-refractivity contribution >= 4 is 17.2 Å². The zero-order valence-corrected chi connectivity index (χ0v) is 7.16. The number of hydrogen-bond acceptors (Lipinski definition) is 4. The van der Waals surface area contributed by atoms with E-state index in [1.54, 1.807) is 23.9 Å². The molecule has 0 unspecified atom stereocenters. The summed E-state index contributed by atoms with van der Waals surface area (Å²) in [5.41, 5.74) is 7.28. The van der Waals surface area contributed by atoms with Crippen molar-refractivity contribution in [2.45, 2.75) is 6.54 Å². The summed E-state index contributed by atoms with van der Waals surface area (Å²) in [6.07, 6.45) is 5.37. The van der Waals surface area contributed by atoms with Gasteiger partial charge in [0, 0.05) is 17.3 Å². The van der Waals surface area contributed by atoms with Gasteiger partial charge in [0.2, 0.25) is 0 Å². The second-order valence-electron chi connectivity index (χ2n) is 2.44. The van der Waals surface area contributed by atoms with Gasteiger partial charge in [0.25, 0.3) is 0 Å². The molecule has 2 rings (SSSR count). The minimum Gasteiger partial charge on any atom is -0.382 e. The third kappa shape index (κ3) is 1.45. The predicted octanol–water partition coefficient (Wildman–Crippen LogP) is 0.970. The molecule has 0 aliphatic rings. The van der Waals surface area contributed by atoms with Gasteiger partial charge in [-0.15, -0.1) is 11.3 Å². The lowest BCUT2D eigenvalue weighted by Crippen LogP contribution is -1.93. The first-order chi connectivity index (χ1) is 5.84. The van der Waals surface area contributed by atoms with Crippen molar-refractivity contribution in [2.24, 2.45) is 0 Å². The minimum absolute atomic E-state index is 0.555. The first-order valence-electron chi connectivity index (χ1n) is 3.49. The topological polar surface area (TPSA) is 56.7 Å². The zero-order valence-electron chi connectivity index (χ0n) is 6.34. The molecule has 0 aliphatic heterocycles. The van der Waals surface area contributed by atoms with Crippen LogP contribution < -0.4 is 5.73 Å². The van der Waals surface area contributed by atoms with Crippen molar-refractivity contribution in [1.82, 2.24) is 14.5 Å². The van der Waals surface area contributed by atoms with E-state index < -0.39 is 0 Å². The van der Waals surface area contributed by atoms with Crippen LogP contribution in [-0.2, 0) is 6.54 Å². The van der Waals surface area contributed by atoms with Gasteiger partial charge in [0.15, 0.2) is 0 Å². The Morgan fingerprint density at radius 2 is 2.50 bits per heavy atom. The average molecular weight is 180 g/mol. The Bertz CT molecular complexity index is 351. The largest absolute Gasteiger partial charge is 0.382 e. The van der Waals surface area contributed by atoms with Crippen LogP contribution in [0.25, 0.3) is 0 Å². The van der Waals surface area contributed by atoms with Crippen molar-refractivity contribution < 1.29 is 0 Å². The van der Waals surface area contributed by atoms with Gasteiger partial charge in [-0.25, -0.2) is 4.98 Å². The Hall–Kier alpha value is -1.36. The van der Waals surface area contributed by atoms with E-state index in [4.69, 9.17) is 5.73 Å². The van der Waals surface area contributed by atoms with Gasteiger partial charge in [-0.2, -0.15) is 0 Å². The van der Waals surface area contributed by atoms with Gasteiger partial charge >= 0.3 is 0 Å². The van der Waals surface area contributed by atoms with Crippen molar-refractivity contribution in [3.8, 4) is 0 Å². The monoisotopic (exact) mass is 180 g/mol. The van der Waals surface area contributed by atoms with Crippen LogP contribution in [0, 0.1) is 0 Å². The molecule has 62 valence electrons. The van der Waals surface area contributed by atoms with Crippen LogP contribution in [0.1, 0.15) is 4.88 Å². The quantitative estimate of drug-likeness (QED) is 0.749. The third-order valence-electron chi connectivity index (χ3n) is 1.48. The van der Waals surface area contributed by atoms with Crippen LogP contribution >= 0.6 is 11.3 Å². The molecule has 0 saturated carbocycles. The first kappa shape index (κ1) is 7.30. The van der Waals surface area contributed by atoms with E-state index in [2.05, 4.69) is 9.97 Å². The van der Waals surface area contributed by atoms with Crippen LogP contribution in [0.3, 0.4) is 0 Å². The molecule has 0 fully saturated rings. The molecule has 0 aliphatic carbocycles. The van der Waals surface area contributed by atoms with Crippen molar-refractivity contribution in [3.05, 3.63) is 29.1 Å². The molecule has 5 heteroatoms. The molecule has 2 aromatic rings. The highest BCUT2D eigenvalue weighted by Crippen LogP contribution is 2.08. The molecule has 2 aromatic heterocycles. The fraction of sp³-hybridized carbons (Fsp3) is 0.143. The van der Waals surface area contributed by atoms with Crippen molar-refractivity contribution in [2.75, 3.05) is 5.73 Å². The molecular formula is C7H8N4S. The second kappa shape index (κ2) is 2.94. The molecular weight excluding hydrogens is 172 g/mol. The van der Waals surface area contributed by atoms with E-state index in [0.717, 1.165) is 6.54 Å². The highest BCUT2D eigenvalue weighted by molar-refractivity contribution is 7.09. The maximum Gasteiger partial charge on any atom is 0.141 e. The van der Waals surface area contributed by atoms with Crippen molar-refractivity contribution in [3.63, 3.8) is 0 Å². The lowest BCUT2D eigenvalue weighted by molar-refractivity contribution is 0.808. The van der Waals surface area contributed by atoms with Crippen LogP contribution in [-0.4, -0.2) is 14.5 Å². The number of nitrogens with two attached hydrogens (primary N) is 1. The summed E-state index contributed by atoms with van der Waals surface area (Å²) in [6.45, 7) is 0.800. The predicted molar refractivity (Wildman–Crippen MR) is 47.9 cm³/mol. The summed E-state index contributed by atoms with van der Waals surface area (Å²) in [7, 11) is 0. The Balaban J connectivity index is 2.14. The zero-order chi connectivity index (χ0) is 8.39. The summed E-state index contributed by atoms with van der Waals surface area (Å²) in [6, 6.07) is 0. The molecule has 0 bridgehead atoms. The molecule has 12 heavy (non-hydrogen) atoms. The Morgan fingerprint density at radius 3 is 3.08 bits per heavy atom. The standard InChI is InChI=1S/C7H8N4S/c8-7-3-11(4-10-7)2-6-1-9-5-12-6/h1,3-5H,2,8H2. The van der Waals surface area contributed by atoms with Crippen LogP contribution in [0.4, 0.5) is 5.82 Å². The maximum absolute atomic E-state index is 5.46. The Kier molecular flexibility index (Phi) is 1.79. The molecule has 4 nitrogen and oxygen atoms in total. The van der Waals surface area contributed by atoms with E-state index in [1.807, 2.05) is 16.3 Å². The fourth-order valence-electron chi connectivity index (χ4n) is 0.964. The van der Waals surface area contributed by atoms with Gasteiger partial charge in [0.05, 0.1) is 18.4 Å². The van der Waals surface area contributed by atoms with Gasteiger partial charge in [-0.05, 0) is 0 Å².